The van der Waals surface area contributed by atoms with Crippen molar-refractivity contribution in [2.24, 2.45) is 0 Å². The largest absolute Gasteiger partial charge is 0.413 e. The van der Waals surface area contributed by atoms with Gasteiger partial charge >= 0.3 is 26.5 Å². The van der Waals surface area contributed by atoms with Gasteiger partial charge in [-0.1, -0.05) is 0 Å². The van der Waals surface area contributed by atoms with Crippen LogP contribution in [-0.2, 0) is 24.4 Å². The topological polar surface area (TPSA) is 190 Å². The molecule has 0 aliphatic carbocycles. The average Bonchev–Trinajstić information content (AvgIpc) is 2.06. The van der Waals surface area contributed by atoms with E-state index < -0.39 is 26.5 Å². The van der Waals surface area contributed by atoms with Crippen LogP contribution in [0.1, 0.15) is 5.56 Å². The summed E-state index contributed by atoms with van der Waals surface area (Å²) in [7, 11) is -10.2. The summed E-state index contributed by atoms with van der Waals surface area (Å²) in [6.45, 7) is 1.78. The summed E-state index contributed by atoms with van der Waals surface area (Å²) >= 11 is 0. The summed E-state index contributed by atoms with van der Waals surface area (Å²) in [5.41, 5.74) is 5.67. The number of aromatic nitrogens is 2. The Labute approximate surface area is 102 Å². The van der Waals surface area contributed by atoms with Gasteiger partial charge in [-0.05, 0) is 6.92 Å². The van der Waals surface area contributed by atoms with Gasteiger partial charge in [0.25, 0.3) is 0 Å². The van der Waals surface area contributed by atoms with E-state index in [4.69, 9.17) is 14.8 Å². The number of hydrogen-bond donors (Lipinski definition) is 4. The highest BCUT2D eigenvalue weighted by Gasteiger charge is 2.15. The summed E-state index contributed by atoms with van der Waals surface area (Å²) in [6, 6.07) is 0. The first kappa shape index (κ1) is 16.5. The Balaban J connectivity index is 0.000000321. The van der Waals surface area contributed by atoms with E-state index >= 15 is 0 Å². The highest BCUT2D eigenvalue weighted by Crippen LogP contribution is 1.97. The van der Waals surface area contributed by atoms with Crippen molar-refractivity contribution < 1.29 is 29.6 Å². The zero-order valence-corrected chi connectivity index (χ0v) is 10.4. The molecule has 0 atom stereocenters. The summed E-state index contributed by atoms with van der Waals surface area (Å²) in [5.74, 6) is 0.291. The third-order valence-electron chi connectivity index (χ3n) is 1.21. The molecule has 0 radical (unpaired) electrons. The van der Waals surface area contributed by atoms with Crippen LogP contribution >= 0.6 is 0 Å². The minimum Gasteiger partial charge on any atom is -0.383 e. The number of aryl methyl sites for hydroxylation is 1. The normalized spacial score (nSPS) is 11.5. The number of H-pyrrole nitrogens is 1. The van der Waals surface area contributed by atoms with Gasteiger partial charge in [0.05, 0.1) is 0 Å². The zero-order chi connectivity index (χ0) is 14.6. The standard InChI is InChI=1S/C5H7N3O.H2O7S2/c1-3-2-7-5(9)8-4(3)6;1-8(2,3)7-9(4,5)6/h2H,1H3,(H3,6,7,8,9);(H,1,2,3)(H,4,5,6). The molecule has 18 heavy (non-hydrogen) atoms. The lowest BCUT2D eigenvalue weighted by Gasteiger charge is -1.92. The molecule has 0 aliphatic heterocycles. The predicted octanol–water partition coefficient (Wildman–Crippen LogP) is -1.73. The lowest BCUT2D eigenvalue weighted by atomic mass is 10.4. The molecule has 0 saturated carbocycles. The van der Waals surface area contributed by atoms with E-state index in [9.17, 15) is 21.6 Å². The average molecular weight is 303 g/mol. The second-order valence-corrected chi connectivity index (χ2v) is 4.95. The molecule has 1 aromatic heterocycles. The molecule has 0 spiro atoms. The number of aromatic amines is 1. The van der Waals surface area contributed by atoms with Gasteiger partial charge in [0.1, 0.15) is 5.82 Å². The second kappa shape index (κ2) is 5.87. The highest BCUT2D eigenvalue weighted by atomic mass is 32.3. The minimum absolute atomic E-state index is 0.291. The van der Waals surface area contributed by atoms with E-state index in [0.29, 0.717) is 5.82 Å². The number of anilines is 1. The van der Waals surface area contributed by atoms with Crippen LogP contribution in [0, 0.1) is 6.92 Å². The number of hydrogen-bond acceptors (Lipinski definition) is 8. The molecular weight excluding hydrogens is 294 g/mol. The smallest absolute Gasteiger partial charge is 0.383 e. The van der Waals surface area contributed by atoms with Crippen molar-refractivity contribution in [3.63, 3.8) is 0 Å². The quantitative estimate of drug-likeness (QED) is 0.456. The molecule has 0 aliphatic rings. The van der Waals surface area contributed by atoms with Crippen LogP contribution < -0.4 is 11.4 Å². The Kier molecular flexibility index (Phi) is 5.37. The van der Waals surface area contributed by atoms with Crippen LogP contribution in [0.15, 0.2) is 11.0 Å². The van der Waals surface area contributed by atoms with Crippen molar-refractivity contribution in [1.29, 1.82) is 0 Å². The van der Waals surface area contributed by atoms with Gasteiger partial charge in [0.15, 0.2) is 0 Å². The predicted molar refractivity (Wildman–Crippen MR) is 58.2 cm³/mol. The molecule has 1 aromatic rings. The number of nitrogen functional groups attached to an aromatic ring is 1. The van der Waals surface area contributed by atoms with E-state index in [1.165, 1.54) is 6.20 Å². The van der Waals surface area contributed by atoms with Crippen LogP contribution in [-0.4, -0.2) is 35.9 Å². The molecule has 0 aromatic carbocycles. The lowest BCUT2D eigenvalue weighted by Crippen LogP contribution is -2.12. The molecule has 0 unspecified atom stereocenters. The molecule has 0 bridgehead atoms. The van der Waals surface area contributed by atoms with Crippen molar-refractivity contribution >= 4 is 26.6 Å². The van der Waals surface area contributed by atoms with Gasteiger partial charge < -0.3 is 10.7 Å². The van der Waals surface area contributed by atoms with Gasteiger partial charge in [-0.3, -0.25) is 9.11 Å². The molecule has 5 N–H and O–H groups in total. The second-order valence-electron chi connectivity index (χ2n) is 2.70. The van der Waals surface area contributed by atoms with Gasteiger partial charge in [-0.25, -0.2) is 4.79 Å². The van der Waals surface area contributed by atoms with Gasteiger partial charge in [-0.15, -0.1) is 3.63 Å². The van der Waals surface area contributed by atoms with Crippen molar-refractivity contribution in [2.75, 3.05) is 5.73 Å². The molecule has 11 nitrogen and oxygen atoms in total. The minimum atomic E-state index is -5.12. The molecule has 104 valence electrons. The molecule has 0 saturated heterocycles. The van der Waals surface area contributed by atoms with Crippen LogP contribution in [0.3, 0.4) is 0 Å². The van der Waals surface area contributed by atoms with Crippen LogP contribution in [0.2, 0.25) is 0 Å². The third-order valence-corrected chi connectivity index (χ3v) is 2.59. The first-order valence-corrected chi connectivity index (χ1v) is 6.61. The van der Waals surface area contributed by atoms with Crippen LogP contribution in [0.25, 0.3) is 0 Å². The number of rotatable bonds is 2. The molecule has 0 amide bonds. The van der Waals surface area contributed by atoms with E-state index in [1.54, 1.807) is 6.92 Å². The Hall–Kier alpha value is -1.54. The maximum absolute atomic E-state index is 10.4. The van der Waals surface area contributed by atoms with Crippen LogP contribution in [0.5, 0.6) is 0 Å². The molecule has 13 heteroatoms. The fourth-order valence-corrected chi connectivity index (χ4v) is 1.45. The lowest BCUT2D eigenvalue weighted by molar-refractivity contribution is 0.344. The monoisotopic (exact) mass is 303 g/mol. The van der Waals surface area contributed by atoms with Crippen molar-refractivity contribution in [3.05, 3.63) is 22.2 Å². The Morgan fingerprint density at radius 3 is 1.94 bits per heavy atom. The number of nitrogens with one attached hydrogen (secondary N) is 1. The SMILES string of the molecule is Cc1c[nH]c(=O)nc1N.O=S(=O)(O)OS(=O)(=O)O. The van der Waals surface area contributed by atoms with Gasteiger partial charge in [0, 0.05) is 11.8 Å². The zero-order valence-electron chi connectivity index (χ0n) is 8.76. The molecule has 1 heterocycles. The Morgan fingerprint density at radius 1 is 1.28 bits per heavy atom. The summed E-state index contributed by atoms with van der Waals surface area (Å²) in [6.07, 6.45) is 1.53. The third kappa shape index (κ3) is 8.59. The van der Waals surface area contributed by atoms with Gasteiger partial charge in [-0.2, -0.15) is 21.8 Å². The van der Waals surface area contributed by atoms with E-state index in [0.717, 1.165) is 5.56 Å². The van der Waals surface area contributed by atoms with E-state index in [1.807, 2.05) is 0 Å². The summed E-state index contributed by atoms with van der Waals surface area (Å²) in [5, 5.41) is 0. The Morgan fingerprint density at radius 2 is 1.72 bits per heavy atom. The summed E-state index contributed by atoms with van der Waals surface area (Å²) in [4.78, 5) is 16.2. The first-order chi connectivity index (χ1) is 7.91. The number of nitrogens with zero attached hydrogens (tertiary/aromatic N) is 1. The number of nitrogens with two attached hydrogens (primary N) is 1. The van der Waals surface area contributed by atoms with Crippen molar-refractivity contribution in [2.45, 2.75) is 6.92 Å². The van der Waals surface area contributed by atoms with Crippen LogP contribution in [0.4, 0.5) is 5.82 Å². The van der Waals surface area contributed by atoms with Gasteiger partial charge in [0.2, 0.25) is 0 Å². The van der Waals surface area contributed by atoms with E-state index in [2.05, 4.69) is 13.6 Å². The van der Waals surface area contributed by atoms with E-state index in [-0.39, 0.29) is 0 Å². The molecular formula is C5H9N3O8S2. The maximum Gasteiger partial charge on any atom is 0.413 e. The summed E-state index contributed by atoms with van der Waals surface area (Å²) < 4.78 is 55.6. The highest BCUT2D eigenvalue weighted by molar-refractivity contribution is 7.94. The van der Waals surface area contributed by atoms with Crippen molar-refractivity contribution in [1.82, 2.24) is 9.97 Å². The maximum atomic E-state index is 10.4. The first-order valence-electron chi connectivity index (χ1n) is 3.88. The fraction of sp³-hybridized carbons (Fsp3) is 0.200. The molecule has 1 rings (SSSR count). The molecule has 0 fully saturated rings. The Bertz CT molecular complexity index is 630. The fourth-order valence-electron chi connectivity index (χ4n) is 0.582. The van der Waals surface area contributed by atoms with Crippen molar-refractivity contribution in [3.8, 4) is 0 Å².